The van der Waals surface area contributed by atoms with E-state index < -0.39 is 17.7 Å². The van der Waals surface area contributed by atoms with Crippen LogP contribution in [0.2, 0.25) is 0 Å². The smallest absolute Gasteiger partial charge is 0.454 e. The van der Waals surface area contributed by atoms with Crippen LogP contribution in [0.3, 0.4) is 0 Å². The average Bonchev–Trinajstić information content (AvgIpc) is 1.60. The fourth-order valence-corrected chi connectivity index (χ4v) is 0.272. The monoisotopic (exact) mass is 210 g/mol. The van der Waals surface area contributed by atoms with Gasteiger partial charge in [0.25, 0.3) is 5.78 Å². The second-order valence-electron chi connectivity index (χ2n) is 1.65. The fourth-order valence-electron chi connectivity index (χ4n) is 0.272. The summed E-state index contributed by atoms with van der Waals surface area (Å²) in [7, 11) is 0. The van der Waals surface area contributed by atoms with Crippen LogP contribution in [0, 0.1) is 0 Å². The summed E-state index contributed by atoms with van der Waals surface area (Å²) >= 11 is 0. The molecule has 0 heterocycles. The Morgan fingerprint density at radius 1 is 1.45 bits per heavy atom. The van der Waals surface area contributed by atoms with E-state index in [0.717, 1.165) is 6.92 Å². The molecule has 0 aromatic carbocycles. The predicted octanol–water partition coefficient (Wildman–Crippen LogP) is 1.58. The fraction of sp³-hybridized carbons (Fsp3) is 0.400. The molecule has 11 heavy (non-hydrogen) atoms. The van der Waals surface area contributed by atoms with Gasteiger partial charge in [0.2, 0.25) is 0 Å². The third kappa shape index (κ3) is 5.94. The van der Waals surface area contributed by atoms with Gasteiger partial charge in [0, 0.05) is 23.1 Å². The molecule has 0 aromatic heterocycles. The largest absolute Gasteiger partial charge is 0.512 e. The number of hydrogen-bond donors (Lipinski definition) is 1. The number of carbonyl (C=O) groups excluding carboxylic acids is 1. The first-order valence-corrected chi connectivity index (χ1v) is 2.32. The zero-order chi connectivity index (χ0) is 8.36. The normalized spacial score (nSPS) is 12.2. The molecule has 0 aliphatic heterocycles. The molecule has 0 aliphatic carbocycles. The summed E-state index contributed by atoms with van der Waals surface area (Å²) in [6, 6.07) is 0. The summed E-state index contributed by atoms with van der Waals surface area (Å²) in [6.07, 6.45) is -4.76. The molecule has 0 spiro atoms. The molecule has 0 amide bonds. The molecule has 66 valence electrons. The van der Waals surface area contributed by atoms with Crippen molar-refractivity contribution in [3.05, 3.63) is 11.8 Å². The van der Waals surface area contributed by atoms with Crippen LogP contribution < -0.4 is 0 Å². The van der Waals surface area contributed by atoms with Gasteiger partial charge in [0.05, 0.1) is 5.76 Å². The summed E-state index contributed by atoms with van der Waals surface area (Å²) in [5, 5.41) is 8.23. The molecule has 0 radical (unpaired) electrons. The van der Waals surface area contributed by atoms with Crippen molar-refractivity contribution in [3.63, 3.8) is 0 Å². The minimum Gasteiger partial charge on any atom is -0.512 e. The summed E-state index contributed by atoms with van der Waals surface area (Å²) in [6.45, 7) is 0.990. The third-order valence-electron chi connectivity index (χ3n) is 0.619. The molecule has 0 bridgehead atoms. The van der Waals surface area contributed by atoms with Crippen LogP contribution in [0.5, 0.6) is 0 Å². The number of aliphatic hydroxyl groups is 1. The Labute approximate surface area is 71.6 Å². The minimum absolute atomic E-state index is 0. The third-order valence-corrected chi connectivity index (χ3v) is 0.619. The quantitative estimate of drug-likeness (QED) is 0.405. The Kier molecular flexibility index (Phi) is 5.26. The van der Waals surface area contributed by atoms with Gasteiger partial charge in [-0.1, -0.05) is 0 Å². The van der Waals surface area contributed by atoms with Gasteiger partial charge in [-0.15, -0.1) is 0 Å². The van der Waals surface area contributed by atoms with Gasteiger partial charge in [-0.3, -0.25) is 4.79 Å². The number of halogens is 3. The first-order valence-electron chi connectivity index (χ1n) is 2.32. The van der Waals surface area contributed by atoms with Gasteiger partial charge in [-0.25, -0.2) is 0 Å². The number of ketones is 1. The van der Waals surface area contributed by atoms with Crippen LogP contribution in [0.4, 0.5) is 13.2 Å². The van der Waals surface area contributed by atoms with Crippen molar-refractivity contribution < 1.29 is 40.1 Å². The van der Waals surface area contributed by atoms with Gasteiger partial charge < -0.3 is 5.11 Å². The van der Waals surface area contributed by atoms with Crippen molar-refractivity contribution in [1.82, 2.24) is 0 Å². The first kappa shape index (κ1) is 13.1. The van der Waals surface area contributed by atoms with E-state index in [1.807, 2.05) is 0 Å². The Bertz CT molecular complexity index is 169. The first-order chi connectivity index (χ1) is 4.34. The Hall–Kier alpha value is -0.481. The molecule has 0 atom stereocenters. The maximum atomic E-state index is 11.3. The maximum absolute atomic E-state index is 11.3. The molecular formula is C5H5F3FeO2. The SMILES string of the molecule is C/C(O)=C/C(=O)C(F)(F)F.[Fe]. The van der Waals surface area contributed by atoms with E-state index in [2.05, 4.69) is 0 Å². The second-order valence-corrected chi connectivity index (χ2v) is 1.65. The van der Waals surface area contributed by atoms with Gasteiger partial charge in [-0.05, 0) is 6.92 Å². The predicted molar refractivity (Wildman–Crippen MR) is 27.4 cm³/mol. The molecular weight excluding hydrogens is 205 g/mol. The summed E-state index contributed by atoms with van der Waals surface area (Å²) in [5.74, 6) is -2.70. The maximum Gasteiger partial charge on any atom is 0.454 e. The molecule has 0 aromatic rings. The van der Waals surface area contributed by atoms with Crippen molar-refractivity contribution in [2.45, 2.75) is 13.1 Å². The molecule has 0 rings (SSSR count). The molecule has 0 fully saturated rings. The molecule has 0 aliphatic rings. The van der Waals surface area contributed by atoms with Crippen molar-refractivity contribution in [1.29, 1.82) is 0 Å². The number of aliphatic hydroxyl groups excluding tert-OH is 1. The Morgan fingerprint density at radius 2 is 1.82 bits per heavy atom. The van der Waals surface area contributed by atoms with Crippen LogP contribution in [-0.4, -0.2) is 17.1 Å². The van der Waals surface area contributed by atoms with E-state index in [1.165, 1.54) is 0 Å². The number of alkyl halides is 3. The van der Waals surface area contributed by atoms with E-state index in [9.17, 15) is 18.0 Å². The van der Waals surface area contributed by atoms with Crippen LogP contribution in [0.25, 0.3) is 0 Å². The van der Waals surface area contributed by atoms with Crippen molar-refractivity contribution in [2.24, 2.45) is 0 Å². The average molecular weight is 210 g/mol. The number of carbonyl (C=O) groups is 1. The zero-order valence-electron chi connectivity index (χ0n) is 5.42. The second kappa shape index (κ2) is 4.41. The molecule has 0 unspecified atom stereocenters. The van der Waals surface area contributed by atoms with Crippen LogP contribution in [-0.2, 0) is 21.9 Å². The van der Waals surface area contributed by atoms with E-state index >= 15 is 0 Å². The van der Waals surface area contributed by atoms with E-state index in [1.54, 1.807) is 0 Å². The minimum atomic E-state index is -4.88. The molecule has 2 nitrogen and oxygen atoms in total. The Morgan fingerprint density at radius 3 is 1.91 bits per heavy atom. The van der Waals surface area contributed by atoms with Crippen LogP contribution in [0.1, 0.15) is 6.92 Å². The Balaban J connectivity index is 0. The standard InChI is InChI=1S/C5H5F3O2.Fe/c1-3(9)2-4(10)5(6,7)8;/h2,9H,1H3;/b3-2-;. The van der Waals surface area contributed by atoms with Crippen LogP contribution >= 0.6 is 0 Å². The number of allylic oxidation sites excluding steroid dienone is 2. The topological polar surface area (TPSA) is 37.3 Å². The van der Waals surface area contributed by atoms with Crippen molar-refractivity contribution in [3.8, 4) is 0 Å². The molecule has 1 N–H and O–H groups in total. The van der Waals surface area contributed by atoms with Gasteiger partial charge in [0.1, 0.15) is 0 Å². The van der Waals surface area contributed by atoms with E-state index in [4.69, 9.17) is 5.11 Å². The molecule has 0 saturated carbocycles. The van der Waals surface area contributed by atoms with Gasteiger partial charge in [0.15, 0.2) is 0 Å². The summed E-state index contributed by atoms with van der Waals surface area (Å²) < 4.78 is 33.9. The van der Waals surface area contributed by atoms with Crippen molar-refractivity contribution >= 4 is 5.78 Å². The van der Waals surface area contributed by atoms with Crippen LogP contribution in [0.15, 0.2) is 11.8 Å². The van der Waals surface area contributed by atoms with Crippen molar-refractivity contribution in [2.75, 3.05) is 0 Å². The number of hydrogen-bond acceptors (Lipinski definition) is 2. The van der Waals surface area contributed by atoms with E-state index in [-0.39, 0.29) is 23.1 Å². The van der Waals surface area contributed by atoms with Gasteiger partial charge >= 0.3 is 6.18 Å². The van der Waals surface area contributed by atoms with E-state index in [0.29, 0.717) is 0 Å². The zero-order valence-corrected chi connectivity index (χ0v) is 6.52. The summed E-state index contributed by atoms with van der Waals surface area (Å²) in [4.78, 5) is 9.91. The molecule has 6 heteroatoms. The van der Waals surface area contributed by atoms with Gasteiger partial charge in [-0.2, -0.15) is 13.2 Å². The molecule has 0 saturated heterocycles. The summed E-state index contributed by atoms with van der Waals surface area (Å²) in [5.41, 5.74) is 0. The number of rotatable bonds is 1.